The van der Waals surface area contributed by atoms with Gasteiger partial charge in [0.05, 0.1) is 18.8 Å². The summed E-state index contributed by atoms with van der Waals surface area (Å²) < 4.78 is 100. The van der Waals surface area contributed by atoms with E-state index in [4.69, 9.17) is 0 Å². The molecule has 0 aromatic heterocycles. The molecule has 0 radical (unpaired) electrons. The fourth-order valence-corrected chi connectivity index (χ4v) is 1.88. The zero-order valence-electron chi connectivity index (χ0n) is 20.3. The molecule has 1 aliphatic rings. The number of carbonyl (C=O) groups excluding carboxylic acids is 3. The van der Waals surface area contributed by atoms with E-state index in [0.29, 0.717) is 20.4 Å². The molecule has 0 N–H and O–H groups in total. The summed E-state index contributed by atoms with van der Waals surface area (Å²) in [4.78, 5) is 29.9. The first kappa shape index (κ1) is 38.5. The van der Waals surface area contributed by atoms with Crippen LogP contribution in [0.15, 0.2) is 0 Å². The second-order valence-electron chi connectivity index (χ2n) is 5.72. The summed E-state index contributed by atoms with van der Waals surface area (Å²) in [7, 11) is -10.7. The zero-order valence-corrected chi connectivity index (χ0v) is 22.8. The van der Waals surface area contributed by atoms with Gasteiger partial charge < -0.3 is 32.6 Å². The molecule has 0 aromatic rings. The Kier molecular flexibility index (Phi) is 22.6. The van der Waals surface area contributed by atoms with Crippen molar-refractivity contribution in [3.63, 3.8) is 0 Å². The lowest BCUT2D eigenvalue weighted by Crippen LogP contribution is -2.14. The molecule has 0 aromatic carbocycles. The first-order valence-electron chi connectivity index (χ1n) is 8.91. The Labute approximate surface area is 209 Å². The summed E-state index contributed by atoms with van der Waals surface area (Å²) in [5.74, 6) is -1.74. The van der Waals surface area contributed by atoms with Gasteiger partial charge in [-0.05, 0) is 0 Å². The van der Waals surface area contributed by atoms with Crippen molar-refractivity contribution in [3.05, 3.63) is 0 Å². The molecule has 0 spiro atoms. The average molecular weight is 595 g/mol. The molecule has 18 nitrogen and oxygen atoms in total. The van der Waals surface area contributed by atoms with Gasteiger partial charge >= 0.3 is 28.0 Å². The van der Waals surface area contributed by atoms with Gasteiger partial charge in [0.25, 0.3) is 20.2 Å². The van der Waals surface area contributed by atoms with Crippen LogP contribution in [0.1, 0.15) is 20.8 Å². The lowest BCUT2D eigenvalue weighted by molar-refractivity contribution is -0.247. The van der Waals surface area contributed by atoms with Crippen molar-refractivity contribution < 1.29 is 80.6 Å². The van der Waals surface area contributed by atoms with Crippen LogP contribution >= 0.6 is 0 Å². The van der Waals surface area contributed by atoms with Crippen LogP contribution < -0.4 is 0 Å². The number of esters is 2. The molecule has 1 fully saturated rings. The van der Waals surface area contributed by atoms with E-state index in [1.807, 2.05) is 0 Å². The Morgan fingerprint density at radius 1 is 0.583 bits per heavy atom. The largest absolute Gasteiger partial charge is 0.428 e. The maximum absolute atomic E-state index is 10.3. The fraction of sp³-hybridized carbons (Fsp3) is 0.800. The monoisotopic (exact) mass is 594 g/mol. The Balaban J connectivity index is -0.000000418. The van der Waals surface area contributed by atoms with E-state index >= 15 is 0 Å². The van der Waals surface area contributed by atoms with Crippen LogP contribution in [0.3, 0.4) is 0 Å². The van der Waals surface area contributed by atoms with Crippen molar-refractivity contribution in [2.75, 3.05) is 59.5 Å². The minimum Gasteiger partial charge on any atom is -0.428 e. The van der Waals surface area contributed by atoms with Crippen LogP contribution in [-0.2, 0) is 85.7 Å². The highest BCUT2D eigenvalue weighted by atomic mass is 32.2. The summed E-state index contributed by atoms with van der Waals surface area (Å²) in [5.41, 5.74) is 0. The van der Waals surface area contributed by atoms with Gasteiger partial charge in [0.1, 0.15) is 0 Å². The van der Waals surface area contributed by atoms with E-state index < -0.39 is 61.8 Å². The predicted molar refractivity (Wildman–Crippen MR) is 116 cm³/mol. The molecule has 36 heavy (non-hydrogen) atoms. The number of ether oxygens (including phenoxy) is 6. The summed E-state index contributed by atoms with van der Waals surface area (Å²) >= 11 is 0. The predicted octanol–water partition coefficient (Wildman–Crippen LogP) is -1.63. The van der Waals surface area contributed by atoms with Crippen LogP contribution in [0.5, 0.6) is 0 Å². The highest BCUT2D eigenvalue weighted by molar-refractivity contribution is 7.86. The molecule has 0 bridgehead atoms. The van der Waals surface area contributed by atoms with Gasteiger partial charge in [-0.3, -0.25) is 14.4 Å². The third kappa shape index (κ3) is 49.2. The van der Waals surface area contributed by atoms with Crippen molar-refractivity contribution in [3.8, 4) is 0 Å². The molecule has 216 valence electrons. The van der Waals surface area contributed by atoms with Crippen LogP contribution in [0.25, 0.3) is 0 Å². The van der Waals surface area contributed by atoms with Crippen LogP contribution in [0, 0.1) is 0 Å². The Hall–Kier alpha value is -1.98. The zero-order chi connectivity index (χ0) is 28.8. The summed E-state index contributed by atoms with van der Waals surface area (Å²) in [6.45, 7) is 3.20. The molecule has 0 amide bonds. The molecule has 21 heteroatoms. The van der Waals surface area contributed by atoms with Gasteiger partial charge in [0.2, 0.25) is 6.79 Å². The fourth-order valence-electron chi connectivity index (χ4n) is 0.964. The molecule has 1 aliphatic heterocycles. The lowest BCUT2D eigenvalue weighted by atomic mass is 10.8. The second-order valence-corrected chi connectivity index (χ2v) is 10.6. The van der Waals surface area contributed by atoms with Crippen molar-refractivity contribution in [1.82, 2.24) is 0 Å². The van der Waals surface area contributed by atoms with Gasteiger partial charge in [-0.25, -0.2) is 8.37 Å². The van der Waals surface area contributed by atoms with Gasteiger partial charge in [0.15, 0.2) is 34.0 Å². The quantitative estimate of drug-likeness (QED) is 0.126. The molecule has 0 aliphatic carbocycles. The number of carbonyl (C=O) groups is 3. The molecule has 1 heterocycles. The first-order chi connectivity index (χ1) is 16.2. The van der Waals surface area contributed by atoms with Gasteiger partial charge in [-0.15, -0.1) is 0 Å². The second kappa shape index (κ2) is 21.1. The highest BCUT2D eigenvalue weighted by Crippen LogP contribution is 1.91. The van der Waals surface area contributed by atoms with E-state index in [2.05, 4.69) is 41.0 Å². The molecular formula is C15H30O18S3. The van der Waals surface area contributed by atoms with Crippen LogP contribution in [0.4, 0.5) is 0 Å². The minimum atomic E-state index is -3.57. The third-order valence-electron chi connectivity index (χ3n) is 1.98. The van der Waals surface area contributed by atoms with Gasteiger partial charge in [0, 0.05) is 20.8 Å². The molecule has 0 saturated carbocycles. The maximum atomic E-state index is 10.3. The third-order valence-corrected chi connectivity index (χ3v) is 3.57. The van der Waals surface area contributed by atoms with E-state index in [-0.39, 0.29) is 6.79 Å². The van der Waals surface area contributed by atoms with E-state index in [9.17, 15) is 39.6 Å². The summed E-state index contributed by atoms with van der Waals surface area (Å²) in [5, 5.41) is 0. The standard InChI is InChI=1S/C5H8O4.C4H10O7S2.C3H6O4S.C3H6O3/c1-4(6)8-3-9-5(2)7;1-12(5,6)10-3-9-4-11-13(2,7)8;1-3(4)7-8(2,5)6;1-4-2-6-3-5-1/h3H2,1-2H3;3-4H2,1-2H3;1-2H3;1-3H2. The SMILES string of the molecule is C1OCOCO1.CC(=O)OCOC(C)=O.CC(=O)OS(C)(=O)=O.CS(=O)(=O)OCOCOS(C)(=O)=O. The van der Waals surface area contributed by atoms with E-state index in [1.54, 1.807) is 0 Å². The smallest absolute Gasteiger partial charge is 0.319 e. The Morgan fingerprint density at radius 3 is 1.08 bits per heavy atom. The van der Waals surface area contributed by atoms with Gasteiger partial charge in [-0.1, -0.05) is 0 Å². The Bertz CT molecular complexity index is 875. The molecule has 1 saturated heterocycles. The van der Waals surface area contributed by atoms with Crippen LogP contribution in [0.2, 0.25) is 0 Å². The van der Waals surface area contributed by atoms with Crippen molar-refractivity contribution in [1.29, 1.82) is 0 Å². The van der Waals surface area contributed by atoms with Crippen molar-refractivity contribution in [2.45, 2.75) is 20.8 Å². The molecule has 0 atom stereocenters. The average Bonchev–Trinajstić information content (AvgIpc) is 2.66. The summed E-state index contributed by atoms with van der Waals surface area (Å²) in [6.07, 6.45) is 2.50. The lowest BCUT2D eigenvalue weighted by Gasteiger charge is -2.10. The molecular weight excluding hydrogens is 564 g/mol. The molecule has 0 unspecified atom stereocenters. The van der Waals surface area contributed by atoms with Gasteiger partial charge in [-0.2, -0.15) is 25.3 Å². The Morgan fingerprint density at radius 2 is 0.917 bits per heavy atom. The number of rotatable bonds is 9. The van der Waals surface area contributed by atoms with Crippen LogP contribution in [-0.4, -0.2) is 103 Å². The first-order valence-corrected chi connectivity index (χ1v) is 14.4. The van der Waals surface area contributed by atoms with E-state index in [0.717, 1.165) is 25.7 Å². The molecule has 1 rings (SSSR count). The normalized spacial score (nSPS) is 13.2. The van der Waals surface area contributed by atoms with E-state index in [1.165, 1.54) is 13.8 Å². The van der Waals surface area contributed by atoms with Crippen molar-refractivity contribution >= 4 is 48.3 Å². The number of hydrogen-bond acceptors (Lipinski definition) is 18. The summed E-state index contributed by atoms with van der Waals surface area (Å²) in [6, 6.07) is 0. The van der Waals surface area contributed by atoms with Crippen molar-refractivity contribution in [2.24, 2.45) is 0 Å². The minimum absolute atomic E-state index is 0.287. The maximum Gasteiger partial charge on any atom is 0.319 e. The topological polar surface area (TPSA) is 237 Å². The number of hydrogen-bond donors (Lipinski definition) is 0. The highest BCUT2D eigenvalue weighted by Gasteiger charge is 2.04.